The van der Waals surface area contributed by atoms with Crippen LogP contribution in [0.15, 0.2) is 36.7 Å². The van der Waals surface area contributed by atoms with Crippen molar-refractivity contribution in [3.8, 4) is 0 Å². The van der Waals surface area contributed by atoms with E-state index in [2.05, 4.69) is 15.6 Å². The number of hydrogen-bond acceptors (Lipinski definition) is 5. The molecule has 1 aromatic carbocycles. The molecule has 1 amide bonds. The molecule has 2 heterocycles. The Bertz CT molecular complexity index is 853. The lowest BCUT2D eigenvalue weighted by Gasteiger charge is -2.34. The number of likely N-dealkylation sites (tertiary alicyclic amines) is 1. The third kappa shape index (κ3) is 5.84. The average Bonchev–Trinajstić information content (AvgIpc) is 2.68. The Hall–Kier alpha value is -2.83. The van der Waals surface area contributed by atoms with Crippen LogP contribution < -0.4 is 10.6 Å². The van der Waals surface area contributed by atoms with Gasteiger partial charge in [0, 0.05) is 49.3 Å². The number of anilines is 2. The molecule has 0 saturated carbocycles. The van der Waals surface area contributed by atoms with Gasteiger partial charge < -0.3 is 20.3 Å². The van der Waals surface area contributed by atoms with Gasteiger partial charge in [0.25, 0.3) is 0 Å². The van der Waals surface area contributed by atoms with Gasteiger partial charge in [-0.25, -0.2) is 9.18 Å². The van der Waals surface area contributed by atoms with Crippen molar-refractivity contribution in [2.24, 2.45) is 0 Å². The maximum Gasteiger partial charge on any atom is 0.410 e. The molecule has 1 saturated heterocycles. The molecular formula is C23H31FN4O2. The van der Waals surface area contributed by atoms with Crippen LogP contribution in [0, 0.1) is 12.7 Å². The maximum atomic E-state index is 14.1. The first kappa shape index (κ1) is 21.9. The number of para-hydroxylation sites is 1. The number of benzene rings is 1. The lowest BCUT2D eigenvalue weighted by molar-refractivity contribution is 0.0210. The van der Waals surface area contributed by atoms with Gasteiger partial charge in [0.2, 0.25) is 0 Å². The minimum absolute atomic E-state index is 0.250. The number of piperidine rings is 1. The summed E-state index contributed by atoms with van der Waals surface area (Å²) in [4.78, 5) is 18.2. The summed E-state index contributed by atoms with van der Waals surface area (Å²) in [5, 5.41) is 6.76. The molecule has 6 nitrogen and oxygen atoms in total. The summed E-state index contributed by atoms with van der Waals surface area (Å²) in [6.45, 7) is 9.28. The van der Waals surface area contributed by atoms with Gasteiger partial charge in [-0.3, -0.25) is 4.98 Å². The normalized spacial score (nSPS) is 15.0. The fourth-order valence-electron chi connectivity index (χ4n) is 3.50. The number of aryl methyl sites for hydroxylation is 1. The van der Waals surface area contributed by atoms with Crippen LogP contribution in [0.2, 0.25) is 0 Å². The van der Waals surface area contributed by atoms with Crippen LogP contribution in [-0.4, -0.2) is 40.7 Å². The highest BCUT2D eigenvalue weighted by Crippen LogP contribution is 2.24. The smallest absolute Gasteiger partial charge is 0.410 e. The monoisotopic (exact) mass is 414 g/mol. The number of carbonyl (C=O) groups is 1. The zero-order valence-corrected chi connectivity index (χ0v) is 18.2. The van der Waals surface area contributed by atoms with Crippen LogP contribution >= 0.6 is 0 Å². The average molecular weight is 415 g/mol. The molecule has 0 radical (unpaired) electrons. The SMILES string of the molecule is Cc1cccc(F)c1NCc1cnccc1NC1CCN(C(=O)OC(C)(C)C)CC1. The van der Waals surface area contributed by atoms with E-state index >= 15 is 0 Å². The van der Waals surface area contributed by atoms with E-state index in [9.17, 15) is 9.18 Å². The second-order valence-corrected chi connectivity index (χ2v) is 8.70. The minimum atomic E-state index is -0.484. The fraction of sp³-hybridized carbons (Fsp3) is 0.478. The summed E-state index contributed by atoms with van der Waals surface area (Å²) >= 11 is 0. The third-order valence-electron chi connectivity index (χ3n) is 5.09. The Morgan fingerprint density at radius 3 is 2.67 bits per heavy atom. The number of ether oxygens (including phenoxy) is 1. The molecular weight excluding hydrogens is 383 g/mol. The van der Waals surface area contributed by atoms with Crippen LogP contribution in [0.1, 0.15) is 44.7 Å². The van der Waals surface area contributed by atoms with Crippen LogP contribution in [0.3, 0.4) is 0 Å². The van der Waals surface area contributed by atoms with Gasteiger partial charge in [-0.1, -0.05) is 12.1 Å². The molecule has 1 aromatic heterocycles. The van der Waals surface area contributed by atoms with Gasteiger partial charge in [-0.15, -0.1) is 0 Å². The summed E-state index contributed by atoms with van der Waals surface area (Å²) in [6, 6.07) is 7.23. The predicted octanol–water partition coefficient (Wildman–Crippen LogP) is 4.95. The van der Waals surface area contributed by atoms with E-state index in [1.807, 2.05) is 39.8 Å². The number of halogens is 1. The number of nitrogens with zero attached hydrogens (tertiary/aromatic N) is 2. The van der Waals surface area contributed by atoms with Gasteiger partial charge in [0.1, 0.15) is 11.4 Å². The van der Waals surface area contributed by atoms with Gasteiger partial charge >= 0.3 is 6.09 Å². The first-order valence-corrected chi connectivity index (χ1v) is 10.4. The van der Waals surface area contributed by atoms with Gasteiger partial charge in [0.15, 0.2) is 0 Å². The molecule has 2 N–H and O–H groups in total. The quantitative estimate of drug-likeness (QED) is 0.724. The van der Waals surface area contributed by atoms with Crippen molar-refractivity contribution in [1.82, 2.24) is 9.88 Å². The largest absolute Gasteiger partial charge is 0.444 e. The number of carbonyl (C=O) groups excluding carboxylic acids is 1. The number of aromatic nitrogens is 1. The van der Waals surface area contributed by atoms with E-state index in [1.54, 1.807) is 23.4 Å². The highest BCUT2D eigenvalue weighted by Gasteiger charge is 2.27. The molecule has 0 aliphatic carbocycles. The Kier molecular flexibility index (Phi) is 6.80. The highest BCUT2D eigenvalue weighted by molar-refractivity contribution is 5.68. The zero-order valence-electron chi connectivity index (χ0n) is 18.2. The summed E-state index contributed by atoms with van der Waals surface area (Å²) in [5.41, 5.74) is 2.83. The van der Waals surface area contributed by atoms with Crippen LogP contribution in [-0.2, 0) is 11.3 Å². The molecule has 0 bridgehead atoms. The Morgan fingerprint density at radius 2 is 2.00 bits per heavy atom. The van der Waals surface area contributed by atoms with Crippen molar-refractivity contribution in [2.75, 3.05) is 23.7 Å². The Balaban J connectivity index is 1.58. The molecule has 3 rings (SSSR count). The van der Waals surface area contributed by atoms with Crippen LogP contribution in [0.4, 0.5) is 20.6 Å². The molecule has 1 aliphatic rings. The van der Waals surface area contributed by atoms with Crippen molar-refractivity contribution in [3.63, 3.8) is 0 Å². The number of rotatable bonds is 5. The molecule has 1 fully saturated rings. The summed E-state index contributed by atoms with van der Waals surface area (Å²) < 4.78 is 19.6. The molecule has 162 valence electrons. The third-order valence-corrected chi connectivity index (χ3v) is 5.09. The Labute approximate surface area is 177 Å². The highest BCUT2D eigenvalue weighted by atomic mass is 19.1. The zero-order chi connectivity index (χ0) is 21.7. The van der Waals surface area contributed by atoms with Gasteiger partial charge in [0.05, 0.1) is 5.69 Å². The number of nitrogens with one attached hydrogen (secondary N) is 2. The number of pyridine rings is 1. The lowest BCUT2D eigenvalue weighted by atomic mass is 10.0. The van der Waals surface area contributed by atoms with Crippen molar-refractivity contribution < 1.29 is 13.9 Å². The number of amides is 1. The first-order chi connectivity index (χ1) is 14.2. The number of hydrogen-bond donors (Lipinski definition) is 2. The molecule has 30 heavy (non-hydrogen) atoms. The summed E-state index contributed by atoms with van der Waals surface area (Å²) in [5.74, 6) is -0.261. The molecule has 0 atom stereocenters. The first-order valence-electron chi connectivity index (χ1n) is 10.4. The second-order valence-electron chi connectivity index (χ2n) is 8.70. The second kappa shape index (κ2) is 9.32. The van der Waals surface area contributed by atoms with E-state index in [0.717, 1.165) is 29.7 Å². The topological polar surface area (TPSA) is 66.5 Å². The standard InChI is InChI=1S/C23H31FN4O2/c1-16-6-5-7-19(24)21(16)26-15-17-14-25-11-8-20(17)27-18-9-12-28(13-10-18)22(29)30-23(2,3)4/h5-8,11,14,18,26H,9-10,12-13,15H2,1-4H3,(H,25,27). The van der Waals surface area contributed by atoms with E-state index in [0.29, 0.717) is 25.3 Å². The van der Waals surface area contributed by atoms with Crippen LogP contribution in [0.5, 0.6) is 0 Å². The van der Waals surface area contributed by atoms with Crippen molar-refractivity contribution in [3.05, 3.63) is 53.6 Å². The predicted molar refractivity (Wildman–Crippen MR) is 117 cm³/mol. The molecule has 7 heteroatoms. The summed E-state index contributed by atoms with van der Waals surface area (Å²) in [7, 11) is 0. The minimum Gasteiger partial charge on any atom is -0.444 e. The van der Waals surface area contributed by atoms with E-state index in [1.165, 1.54) is 6.07 Å². The Morgan fingerprint density at radius 1 is 1.27 bits per heavy atom. The molecule has 2 aromatic rings. The van der Waals surface area contributed by atoms with Crippen molar-refractivity contribution in [2.45, 2.75) is 58.7 Å². The fourth-order valence-corrected chi connectivity index (χ4v) is 3.50. The van der Waals surface area contributed by atoms with Gasteiger partial charge in [-0.2, -0.15) is 0 Å². The summed E-state index contributed by atoms with van der Waals surface area (Å²) in [6.07, 6.45) is 4.95. The van der Waals surface area contributed by atoms with Crippen molar-refractivity contribution in [1.29, 1.82) is 0 Å². The molecule has 0 spiro atoms. The molecule has 1 aliphatic heterocycles. The van der Waals surface area contributed by atoms with Gasteiger partial charge in [-0.05, 0) is 58.2 Å². The van der Waals surface area contributed by atoms with E-state index in [-0.39, 0.29) is 18.0 Å². The van der Waals surface area contributed by atoms with E-state index < -0.39 is 5.60 Å². The van der Waals surface area contributed by atoms with E-state index in [4.69, 9.17) is 4.74 Å². The lowest BCUT2D eigenvalue weighted by Crippen LogP contribution is -2.44. The maximum absolute atomic E-state index is 14.1. The van der Waals surface area contributed by atoms with Crippen LogP contribution in [0.25, 0.3) is 0 Å². The molecule has 0 unspecified atom stereocenters. The van der Waals surface area contributed by atoms with Crippen molar-refractivity contribution >= 4 is 17.5 Å².